The molecule has 0 radical (unpaired) electrons. The van der Waals surface area contributed by atoms with Gasteiger partial charge in [0.25, 0.3) is 5.91 Å². The van der Waals surface area contributed by atoms with Crippen molar-refractivity contribution in [3.05, 3.63) is 53.0 Å². The second-order valence-corrected chi connectivity index (χ2v) is 4.60. The number of amides is 1. The third kappa shape index (κ3) is 3.53. The molecule has 0 aliphatic rings. The molecule has 2 rings (SSSR count). The lowest BCUT2D eigenvalue weighted by molar-refractivity contribution is 0.102. The Bertz CT molecular complexity index is 705. The average molecular weight is 282 g/mol. The molecule has 0 saturated carbocycles. The number of nitrogens with two attached hydrogens (primary N) is 1. The van der Waals surface area contributed by atoms with Gasteiger partial charge in [-0.3, -0.25) is 4.79 Å². The molecular weight excluding hydrogens is 264 g/mol. The van der Waals surface area contributed by atoms with Crippen LogP contribution in [0.2, 0.25) is 0 Å². The number of carbonyl (C=O) groups is 1. The van der Waals surface area contributed by atoms with Crippen molar-refractivity contribution in [2.45, 2.75) is 20.3 Å². The lowest BCUT2D eigenvalue weighted by Crippen LogP contribution is -2.13. The highest BCUT2D eigenvalue weighted by molar-refractivity contribution is 6.05. The molecule has 4 nitrogen and oxygen atoms in total. The second kappa shape index (κ2) is 6.78. The first-order chi connectivity index (χ1) is 10.2. The van der Waals surface area contributed by atoms with Crippen LogP contribution in [-0.2, 0) is 6.42 Å². The zero-order valence-corrected chi connectivity index (χ0v) is 12.2. The zero-order chi connectivity index (χ0) is 15.2. The molecule has 1 amide bonds. The number of benzene rings is 1. The van der Waals surface area contributed by atoms with Crippen molar-refractivity contribution in [3.8, 4) is 11.8 Å². The summed E-state index contributed by atoms with van der Waals surface area (Å²) in [5.74, 6) is 6.27. The number of hydrogen-bond acceptors (Lipinski definition) is 3. The Morgan fingerprint density at radius 1 is 1.38 bits per heavy atom. The first-order valence-electron chi connectivity index (χ1n) is 6.83. The van der Waals surface area contributed by atoms with Crippen LogP contribution in [0.3, 0.4) is 0 Å². The molecule has 0 atom stereocenters. The molecule has 0 spiro atoms. The molecule has 21 heavy (non-hydrogen) atoms. The van der Waals surface area contributed by atoms with E-state index in [9.17, 15) is 4.79 Å². The number of nitrogens with one attached hydrogen (secondary N) is 1. The van der Waals surface area contributed by atoms with E-state index in [4.69, 9.17) is 10.2 Å². The normalized spacial score (nSPS) is 9.86. The van der Waals surface area contributed by atoms with E-state index in [-0.39, 0.29) is 5.91 Å². The highest BCUT2D eigenvalue weighted by atomic mass is 16.3. The fourth-order valence-electron chi connectivity index (χ4n) is 1.99. The van der Waals surface area contributed by atoms with Crippen LogP contribution in [0.1, 0.15) is 34.2 Å². The Labute approximate surface area is 124 Å². The van der Waals surface area contributed by atoms with E-state index < -0.39 is 0 Å². The second-order valence-electron chi connectivity index (χ2n) is 4.60. The van der Waals surface area contributed by atoms with E-state index in [2.05, 4.69) is 17.2 Å². The maximum atomic E-state index is 12.3. The van der Waals surface area contributed by atoms with Crippen LogP contribution in [0.15, 0.2) is 34.9 Å². The Morgan fingerprint density at radius 2 is 2.19 bits per heavy atom. The van der Waals surface area contributed by atoms with Crippen LogP contribution in [0.25, 0.3) is 0 Å². The number of carbonyl (C=O) groups excluding carboxylic acids is 1. The fraction of sp³-hybridized carbons (Fsp3) is 0.235. The third-order valence-corrected chi connectivity index (χ3v) is 3.13. The summed E-state index contributed by atoms with van der Waals surface area (Å²) in [7, 11) is 0. The van der Waals surface area contributed by atoms with Crippen molar-refractivity contribution in [2.24, 2.45) is 5.73 Å². The van der Waals surface area contributed by atoms with Crippen LogP contribution in [0, 0.1) is 18.8 Å². The van der Waals surface area contributed by atoms with Crippen LogP contribution in [0.4, 0.5) is 5.69 Å². The highest BCUT2D eigenvalue weighted by Crippen LogP contribution is 2.19. The van der Waals surface area contributed by atoms with Gasteiger partial charge in [0, 0.05) is 17.7 Å². The van der Waals surface area contributed by atoms with E-state index in [1.165, 1.54) is 6.26 Å². The molecule has 3 N–H and O–H groups in total. The van der Waals surface area contributed by atoms with Crippen molar-refractivity contribution in [3.63, 3.8) is 0 Å². The molecule has 0 fully saturated rings. The van der Waals surface area contributed by atoms with Gasteiger partial charge in [-0.05, 0) is 30.7 Å². The minimum absolute atomic E-state index is 0.173. The van der Waals surface area contributed by atoms with Crippen LogP contribution in [0.5, 0.6) is 0 Å². The third-order valence-electron chi connectivity index (χ3n) is 3.13. The highest BCUT2D eigenvalue weighted by Gasteiger charge is 2.14. The molecule has 0 bridgehead atoms. The predicted molar refractivity (Wildman–Crippen MR) is 83.2 cm³/mol. The van der Waals surface area contributed by atoms with Gasteiger partial charge in [0.15, 0.2) is 0 Å². The quantitative estimate of drug-likeness (QED) is 0.850. The Hall–Kier alpha value is -2.51. The van der Waals surface area contributed by atoms with Crippen molar-refractivity contribution in [2.75, 3.05) is 11.9 Å². The number of anilines is 1. The summed E-state index contributed by atoms with van der Waals surface area (Å²) in [5, 5.41) is 2.91. The standard InChI is InChI=1S/C17H18N2O2/c1-3-16-14(8-10-21-16)17(20)19-15-11-13(5-4-9-18)7-6-12(15)2/h6-8,10-11H,3,9,18H2,1-2H3,(H,19,20). The lowest BCUT2D eigenvalue weighted by Gasteiger charge is -2.08. The lowest BCUT2D eigenvalue weighted by atomic mass is 10.1. The number of hydrogen-bond donors (Lipinski definition) is 2. The summed E-state index contributed by atoms with van der Waals surface area (Å²) in [6.45, 7) is 4.19. The monoisotopic (exact) mass is 282 g/mol. The van der Waals surface area contributed by atoms with E-state index in [1.807, 2.05) is 32.0 Å². The van der Waals surface area contributed by atoms with Gasteiger partial charge in [0.1, 0.15) is 5.76 Å². The molecule has 1 heterocycles. The summed E-state index contributed by atoms with van der Waals surface area (Å²) in [6.07, 6.45) is 2.21. The fourth-order valence-corrected chi connectivity index (χ4v) is 1.99. The van der Waals surface area contributed by atoms with E-state index >= 15 is 0 Å². The predicted octanol–water partition coefficient (Wildman–Crippen LogP) is 2.71. The Kier molecular flexibility index (Phi) is 4.81. The van der Waals surface area contributed by atoms with Gasteiger partial charge in [-0.2, -0.15) is 0 Å². The van der Waals surface area contributed by atoms with Gasteiger partial charge in [-0.25, -0.2) is 0 Å². The molecule has 2 aromatic rings. The van der Waals surface area contributed by atoms with E-state index in [0.717, 1.165) is 16.8 Å². The number of aryl methyl sites for hydroxylation is 2. The van der Waals surface area contributed by atoms with Crippen molar-refractivity contribution in [1.82, 2.24) is 0 Å². The van der Waals surface area contributed by atoms with Gasteiger partial charge in [-0.1, -0.05) is 24.8 Å². The molecule has 0 unspecified atom stereocenters. The summed E-state index contributed by atoms with van der Waals surface area (Å²) in [4.78, 5) is 12.3. The van der Waals surface area contributed by atoms with Gasteiger partial charge in [0.05, 0.1) is 18.4 Å². The SMILES string of the molecule is CCc1occc1C(=O)Nc1cc(C#CCN)ccc1C. The maximum absolute atomic E-state index is 12.3. The summed E-state index contributed by atoms with van der Waals surface area (Å²) in [5.41, 5.74) is 8.47. The molecule has 1 aromatic heterocycles. The van der Waals surface area contributed by atoms with Crippen molar-refractivity contribution >= 4 is 11.6 Å². The van der Waals surface area contributed by atoms with Gasteiger partial charge >= 0.3 is 0 Å². The van der Waals surface area contributed by atoms with Gasteiger partial charge in [-0.15, -0.1) is 0 Å². The largest absolute Gasteiger partial charge is 0.469 e. The average Bonchev–Trinajstić information content (AvgIpc) is 2.96. The first kappa shape index (κ1) is 14.9. The summed E-state index contributed by atoms with van der Waals surface area (Å²) >= 11 is 0. The molecule has 0 aliphatic heterocycles. The van der Waals surface area contributed by atoms with E-state index in [0.29, 0.717) is 24.3 Å². The molecule has 0 saturated heterocycles. The molecular formula is C17H18N2O2. The Balaban J connectivity index is 2.24. The van der Waals surface area contributed by atoms with E-state index in [1.54, 1.807) is 6.07 Å². The van der Waals surface area contributed by atoms with Gasteiger partial charge in [0.2, 0.25) is 0 Å². The topological polar surface area (TPSA) is 68.3 Å². The molecule has 108 valence electrons. The van der Waals surface area contributed by atoms with Crippen LogP contribution < -0.4 is 11.1 Å². The minimum Gasteiger partial charge on any atom is -0.469 e. The van der Waals surface area contributed by atoms with Crippen LogP contribution >= 0.6 is 0 Å². The molecule has 1 aromatic carbocycles. The van der Waals surface area contributed by atoms with Gasteiger partial charge < -0.3 is 15.5 Å². The molecule has 4 heteroatoms. The summed E-state index contributed by atoms with van der Waals surface area (Å²) in [6, 6.07) is 7.36. The first-order valence-corrected chi connectivity index (χ1v) is 6.83. The van der Waals surface area contributed by atoms with Crippen molar-refractivity contribution < 1.29 is 9.21 Å². The number of furan rings is 1. The Morgan fingerprint density at radius 3 is 2.90 bits per heavy atom. The maximum Gasteiger partial charge on any atom is 0.259 e. The smallest absolute Gasteiger partial charge is 0.259 e. The minimum atomic E-state index is -0.173. The van der Waals surface area contributed by atoms with Crippen molar-refractivity contribution in [1.29, 1.82) is 0 Å². The molecule has 0 aliphatic carbocycles. The summed E-state index contributed by atoms with van der Waals surface area (Å²) < 4.78 is 5.28. The zero-order valence-electron chi connectivity index (χ0n) is 12.2. The van der Waals surface area contributed by atoms with Crippen LogP contribution in [-0.4, -0.2) is 12.5 Å². The number of rotatable bonds is 3.